The van der Waals surface area contributed by atoms with E-state index in [2.05, 4.69) is 29.2 Å². The second-order valence-corrected chi connectivity index (χ2v) is 7.89. The molecular weight excluding hydrogens is 384 g/mol. The van der Waals surface area contributed by atoms with Crippen LogP contribution < -0.4 is 9.47 Å². The molecule has 0 N–H and O–H groups in total. The summed E-state index contributed by atoms with van der Waals surface area (Å²) in [4.78, 5) is 15.6. The minimum Gasteiger partial charge on any atom is -0.467 e. The van der Waals surface area contributed by atoms with Crippen molar-refractivity contribution in [1.29, 1.82) is 0 Å². The summed E-state index contributed by atoms with van der Waals surface area (Å²) in [7, 11) is 0. The molecule has 0 aromatic heterocycles. The van der Waals surface area contributed by atoms with Crippen LogP contribution in [0.5, 0.6) is 11.5 Å². The van der Waals surface area contributed by atoms with Crippen LogP contribution in [0.15, 0.2) is 36.4 Å². The summed E-state index contributed by atoms with van der Waals surface area (Å²) in [5.74, 6) is 1.78. The van der Waals surface area contributed by atoms with Crippen molar-refractivity contribution in [3.05, 3.63) is 58.7 Å². The fourth-order valence-electron chi connectivity index (χ4n) is 4.49. The Balaban J connectivity index is 1.53. The lowest BCUT2D eigenvalue weighted by molar-refractivity contribution is -0.118. The highest BCUT2D eigenvalue weighted by atomic mass is 16.7. The van der Waals surface area contributed by atoms with Crippen LogP contribution >= 0.6 is 0 Å². The Hall–Kier alpha value is -2.61. The molecule has 3 aliphatic rings. The number of nitrogens with zero attached hydrogens (tertiary/aromatic N) is 2. The zero-order valence-electron chi connectivity index (χ0n) is 16.9. The van der Waals surface area contributed by atoms with Gasteiger partial charge in [0, 0.05) is 37.3 Å². The van der Waals surface area contributed by atoms with Crippen molar-refractivity contribution >= 4 is 6.41 Å². The van der Waals surface area contributed by atoms with Crippen molar-refractivity contribution in [2.24, 2.45) is 0 Å². The highest BCUT2D eigenvalue weighted by Gasteiger charge is 2.27. The van der Waals surface area contributed by atoms with E-state index in [0.717, 1.165) is 61.6 Å². The Bertz CT molecular complexity index is 859. The second-order valence-electron chi connectivity index (χ2n) is 7.89. The van der Waals surface area contributed by atoms with Crippen molar-refractivity contribution in [1.82, 2.24) is 9.80 Å². The summed E-state index contributed by atoms with van der Waals surface area (Å²) in [6, 6.07) is 12.8. The first-order chi connectivity index (χ1) is 14.8. The van der Waals surface area contributed by atoms with Crippen LogP contribution in [0, 0.1) is 0 Å². The fraction of sp³-hybridized carbons (Fsp3) is 0.435. The molecule has 158 valence electrons. The summed E-state index contributed by atoms with van der Waals surface area (Å²) in [6.45, 7) is 4.98. The monoisotopic (exact) mass is 410 g/mol. The van der Waals surface area contributed by atoms with E-state index in [4.69, 9.17) is 18.9 Å². The van der Waals surface area contributed by atoms with Crippen LogP contribution in [-0.4, -0.2) is 56.0 Å². The molecular formula is C23H26N2O5. The summed E-state index contributed by atoms with van der Waals surface area (Å²) >= 11 is 0. The maximum absolute atomic E-state index is 11.3. The number of hydrogen-bond acceptors (Lipinski definition) is 6. The number of fused-ring (bicyclic) bond motifs is 2. The van der Waals surface area contributed by atoms with Gasteiger partial charge in [0.1, 0.15) is 11.5 Å². The first kappa shape index (κ1) is 19.4. The first-order valence-electron chi connectivity index (χ1n) is 10.4. The van der Waals surface area contributed by atoms with Crippen LogP contribution in [0.4, 0.5) is 0 Å². The van der Waals surface area contributed by atoms with Gasteiger partial charge < -0.3 is 23.8 Å². The molecule has 3 heterocycles. The maximum Gasteiger partial charge on any atom is 0.209 e. The van der Waals surface area contributed by atoms with E-state index >= 15 is 0 Å². The van der Waals surface area contributed by atoms with Crippen LogP contribution in [0.3, 0.4) is 0 Å². The highest BCUT2D eigenvalue weighted by molar-refractivity contribution is 5.47. The third-order valence-corrected chi connectivity index (χ3v) is 5.99. The van der Waals surface area contributed by atoms with Crippen LogP contribution in [0.1, 0.15) is 34.7 Å². The van der Waals surface area contributed by atoms with E-state index in [1.54, 1.807) is 0 Å². The normalized spacial score (nSPS) is 19.3. The summed E-state index contributed by atoms with van der Waals surface area (Å²) in [5, 5.41) is 0. The van der Waals surface area contributed by atoms with Crippen molar-refractivity contribution < 1.29 is 23.7 Å². The lowest BCUT2D eigenvalue weighted by atomic mass is 9.93. The molecule has 1 amide bonds. The van der Waals surface area contributed by atoms with Gasteiger partial charge in [-0.1, -0.05) is 12.1 Å². The standard InChI is InChI=1S/C23H26N2O5/c26-14-24-6-1-7-25(9-8-24)23(17-2-4-21-19(10-17)12-27-15-29-21)18-3-5-22-20(11-18)13-28-16-30-22/h2-5,10-11,14,23H,1,6-9,12-13,15-16H2. The van der Waals surface area contributed by atoms with Gasteiger partial charge in [-0.25, -0.2) is 0 Å². The third-order valence-electron chi connectivity index (χ3n) is 5.99. The van der Waals surface area contributed by atoms with Crippen molar-refractivity contribution in [3.8, 4) is 11.5 Å². The Morgan fingerprint density at radius 3 is 2.03 bits per heavy atom. The lowest BCUT2D eigenvalue weighted by Gasteiger charge is -2.33. The van der Waals surface area contributed by atoms with Gasteiger partial charge in [0.2, 0.25) is 6.41 Å². The van der Waals surface area contributed by atoms with Gasteiger partial charge in [-0.15, -0.1) is 0 Å². The molecule has 0 bridgehead atoms. The molecule has 3 aliphatic heterocycles. The number of carbonyl (C=O) groups is 1. The molecule has 0 saturated carbocycles. The Labute approximate surface area is 176 Å². The summed E-state index contributed by atoms with van der Waals surface area (Å²) in [5.41, 5.74) is 4.52. The van der Waals surface area contributed by atoms with Gasteiger partial charge in [-0.05, 0) is 41.8 Å². The molecule has 5 rings (SSSR count). The van der Waals surface area contributed by atoms with Gasteiger partial charge in [0.15, 0.2) is 13.6 Å². The molecule has 0 atom stereocenters. The van der Waals surface area contributed by atoms with Gasteiger partial charge in [0.25, 0.3) is 0 Å². The Morgan fingerprint density at radius 2 is 1.43 bits per heavy atom. The first-order valence-corrected chi connectivity index (χ1v) is 10.4. The number of carbonyl (C=O) groups excluding carboxylic acids is 1. The predicted molar refractivity (Wildman–Crippen MR) is 109 cm³/mol. The molecule has 1 fully saturated rings. The van der Waals surface area contributed by atoms with Gasteiger partial charge >= 0.3 is 0 Å². The molecule has 0 spiro atoms. The van der Waals surface area contributed by atoms with Gasteiger partial charge in [0.05, 0.1) is 19.3 Å². The maximum atomic E-state index is 11.3. The molecule has 0 unspecified atom stereocenters. The number of hydrogen-bond donors (Lipinski definition) is 0. The molecule has 2 aromatic rings. The van der Waals surface area contributed by atoms with E-state index in [0.29, 0.717) is 26.8 Å². The fourth-order valence-corrected chi connectivity index (χ4v) is 4.49. The average molecular weight is 410 g/mol. The molecule has 0 radical (unpaired) electrons. The quantitative estimate of drug-likeness (QED) is 0.723. The van der Waals surface area contributed by atoms with E-state index in [9.17, 15) is 4.79 Å². The Morgan fingerprint density at radius 1 is 0.800 bits per heavy atom. The smallest absolute Gasteiger partial charge is 0.209 e. The topological polar surface area (TPSA) is 60.5 Å². The number of benzene rings is 2. The van der Waals surface area contributed by atoms with Gasteiger partial charge in [-0.2, -0.15) is 0 Å². The largest absolute Gasteiger partial charge is 0.467 e. The van der Waals surface area contributed by atoms with Crippen LogP contribution in [0.25, 0.3) is 0 Å². The molecule has 0 aliphatic carbocycles. The molecule has 2 aromatic carbocycles. The zero-order valence-corrected chi connectivity index (χ0v) is 16.9. The molecule has 1 saturated heterocycles. The number of rotatable bonds is 4. The molecule has 7 nitrogen and oxygen atoms in total. The average Bonchev–Trinajstić information content (AvgIpc) is 3.05. The van der Waals surface area contributed by atoms with E-state index in [1.807, 2.05) is 17.0 Å². The third kappa shape index (κ3) is 3.88. The Kier molecular flexibility index (Phi) is 5.57. The van der Waals surface area contributed by atoms with Gasteiger partial charge in [-0.3, -0.25) is 9.69 Å². The highest BCUT2D eigenvalue weighted by Crippen LogP contribution is 2.36. The number of ether oxygens (including phenoxy) is 4. The summed E-state index contributed by atoms with van der Waals surface area (Å²) in [6.07, 6.45) is 1.91. The molecule has 30 heavy (non-hydrogen) atoms. The van der Waals surface area contributed by atoms with E-state index in [-0.39, 0.29) is 6.04 Å². The zero-order chi connectivity index (χ0) is 20.3. The van der Waals surface area contributed by atoms with Crippen molar-refractivity contribution in [2.45, 2.75) is 25.7 Å². The number of amides is 1. The van der Waals surface area contributed by atoms with Crippen LogP contribution in [0.2, 0.25) is 0 Å². The van der Waals surface area contributed by atoms with E-state index in [1.165, 1.54) is 11.1 Å². The summed E-state index contributed by atoms with van der Waals surface area (Å²) < 4.78 is 22.2. The van der Waals surface area contributed by atoms with Crippen molar-refractivity contribution in [2.75, 3.05) is 39.8 Å². The van der Waals surface area contributed by atoms with Crippen molar-refractivity contribution in [3.63, 3.8) is 0 Å². The lowest BCUT2D eigenvalue weighted by Crippen LogP contribution is -2.34. The second kappa shape index (κ2) is 8.63. The molecule has 7 heteroatoms. The SMILES string of the molecule is O=CN1CCCN(C(c2ccc3c(c2)COCO3)c2ccc3c(c2)COCO3)CC1. The predicted octanol–water partition coefficient (Wildman–Crippen LogP) is 2.67. The van der Waals surface area contributed by atoms with Crippen LogP contribution in [-0.2, 0) is 27.5 Å². The minimum absolute atomic E-state index is 0.0658. The van der Waals surface area contributed by atoms with E-state index < -0.39 is 0 Å². The minimum atomic E-state index is 0.0658.